The van der Waals surface area contributed by atoms with Crippen molar-refractivity contribution in [1.29, 1.82) is 0 Å². The number of fused-ring (bicyclic) bond motifs is 4. The van der Waals surface area contributed by atoms with Gasteiger partial charge in [0.25, 0.3) is 5.56 Å². The van der Waals surface area contributed by atoms with Gasteiger partial charge in [-0.15, -0.1) is 22.7 Å². The second-order valence-corrected chi connectivity index (χ2v) is 9.26. The van der Waals surface area contributed by atoms with Gasteiger partial charge >= 0.3 is 0 Å². The lowest BCUT2D eigenvalue weighted by Gasteiger charge is -2.07. The molecule has 0 fully saturated rings. The SMILES string of the molecule is Cn1c2nc(Cc3csc(N)n3)sc2c2cnn(Cc3cccc4[nH]ncc34)c(=O)c21. The first-order chi connectivity index (χ1) is 15.1. The van der Waals surface area contributed by atoms with Crippen LogP contribution in [0.4, 0.5) is 5.13 Å². The first-order valence-electron chi connectivity index (χ1n) is 9.53. The van der Waals surface area contributed by atoms with E-state index in [0.29, 0.717) is 23.6 Å². The van der Waals surface area contributed by atoms with Crippen LogP contribution in [0.5, 0.6) is 0 Å². The molecule has 0 spiro atoms. The fourth-order valence-corrected chi connectivity index (χ4v) is 5.59. The van der Waals surface area contributed by atoms with Gasteiger partial charge in [0.05, 0.1) is 34.8 Å². The summed E-state index contributed by atoms with van der Waals surface area (Å²) in [6.07, 6.45) is 4.15. The number of rotatable bonds is 4. The molecule has 3 N–H and O–H groups in total. The molecule has 11 heteroatoms. The monoisotopic (exact) mass is 448 g/mol. The number of nitrogen functional groups attached to an aromatic ring is 1. The number of anilines is 1. The lowest BCUT2D eigenvalue weighted by molar-refractivity contribution is 0.647. The van der Waals surface area contributed by atoms with Crippen LogP contribution in [0.15, 0.2) is 40.8 Å². The van der Waals surface area contributed by atoms with Crippen LogP contribution in [0.25, 0.3) is 32.2 Å². The van der Waals surface area contributed by atoms with Gasteiger partial charge < -0.3 is 10.3 Å². The van der Waals surface area contributed by atoms with Crippen LogP contribution in [0.3, 0.4) is 0 Å². The van der Waals surface area contributed by atoms with Gasteiger partial charge in [-0.2, -0.15) is 10.2 Å². The molecule has 9 nitrogen and oxygen atoms in total. The molecule has 0 bridgehead atoms. The third-order valence-electron chi connectivity index (χ3n) is 5.37. The maximum absolute atomic E-state index is 13.3. The predicted molar refractivity (Wildman–Crippen MR) is 123 cm³/mol. The van der Waals surface area contributed by atoms with Crippen LogP contribution in [-0.2, 0) is 20.0 Å². The van der Waals surface area contributed by atoms with Gasteiger partial charge in [0.2, 0.25) is 0 Å². The average Bonchev–Trinajstić information content (AvgIpc) is 3.52. The van der Waals surface area contributed by atoms with E-state index in [-0.39, 0.29) is 5.56 Å². The molecule has 0 unspecified atom stereocenters. The van der Waals surface area contributed by atoms with E-state index < -0.39 is 0 Å². The molecule has 6 aromatic rings. The van der Waals surface area contributed by atoms with Gasteiger partial charge in [-0.3, -0.25) is 9.89 Å². The van der Waals surface area contributed by atoms with Crippen molar-refractivity contribution < 1.29 is 0 Å². The fraction of sp³-hybridized carbons (Fsp3) is 0.150. The van der Waals surface area contributed by atoms with Gasteiger partial charge in [0.15, 0.2) is 10.8 Å². The summed E-state index contributed by atoms with van der Waals surface area (Å²) in [5, 5.41) is 16.8. The number of nitrogens with zero attached hydrogens (tertiary/aromatic N) is 6. The van der Waals surface area contributed by atoms with Crippen molar-refractivity contribution in [2.75, 3.05) is 5.73 Å². The van der Waals surface area contributed by atoms with Gasteiger partial charge in [0, 0.05) is 29.6 Å². The Morgan fingerprint density at radius 2 is 2.10 bits per heavy atom. The van der Waals surface area contributed by atoms with Crippen LogP contribution in [0, 0.1) is 0 Å². The molecule has 0 amide bonds. The minimum Gasteiger partial charge on any atom is -0.375 e. The molecule has 154 valence electrons. The van der Waals surface area contributed by atoms with E-state index in [1.165, 1.54) is 16.0 Å². The summed E-state index contributed by atoms with van der Waals surface area (Å²) in [6.45, 7) is 0.369. The summed E-state index contributed by atoms with van der Waals surface area (Å²) >= 11 is 2.99. The van der Waals surface area contributed by atoms with Crippen molar-refractivity contribution in [3.63, 3.8) is 0 Å². The number of aromatic nitrogens is 7. The number of aromatic amines is 1. The topological polar surface area (TPSA) is 120 Å². The summed E-state index contributed by atoms with van der Waals surface area (Å²) in [5.74, 6) is 0. The zero-order valence-corrected chi connectivity index (χ0v) is 18.0. The summed E-state index contributed by atoms with van der Waals surface area (Å²) in [4.78, 5) is 22.4. The number of nitrogens with two attached hydrogens (primary N) is 1. The minimum atomic E-state index is -0.139. The molecule has 5 aromatic heterocycles. The van der Waals surface area contributed by atoms with Crippen LogP contribution in [0.1, 0.15) is 16.3 Å². The lowest BCUT2D eigenvalue weighted by atomic mass is 10.1. The van der Waals surface area contributed by atoms with Crippen LogP contribution >= 0.6 is 22.7 Å². The Morgan fingerprint density at radius 3 is 2.94 bits per heavy atom. The number of aryl methyl sites for hydroxylation is 1. The van der Waals surface area contributed by atoms with Crippen molar-refractivity contribution in [2.45, 2.75) is 13.0 Å². The molecular weight excluding hydrogens is 432 g/mol. The standard InChI is InChI=1S/C20H16N8OS2/c1-27-16-13(17-18(27)25-15(31-17)5-11-9-30-20(21)24-11)7-23-28(19(16)29)8-10-3-2-4-14-12(10)6-22-26-14/h2-4,6-7,9H,5,8H2,1H3,(H2,21,24)(H,22,26). The fourth-order valence-electron chi connectivity index (χ4n) is 3.91. The maximum Gasteiger partial charge on any atom is 0.291 e. The molecule has 6 rings (SSSR count). The Morgan fingerprint density at radius 1 is 1.19 bits per heavy atom. The normalized spacial score (nSPS) is 11.9. The van der Waals surface area contributed by atoms with E-state index in [1.807, 2.05) is 35.2 Å². The van der Waals surface area contributed by atoms with Crippen molar-refractivity contribution in [2.24, 2.45) is 7.05 Å². The molecule has 0 radical (unpaired) electrons. The number of hydrogen-bond donors (Lipinski definition) is 2. The van der Waals surface area contributed by atoms with Gasteiger partial charge in [-0.05, 0) is 11.6 Å². The van der Waals surface area contributed by atoms with Crippen molar-refractivity contribution >= 4 is 60.0 Å². The van der Waals surface area contributed by atoms with Crippen molar-refractivity contribution in [3.8, 4) is 0 Å². The Labute approximate surface area is 182 Å². The smallest absolute Gasteiger partial charge is 0.291 e. The Hall–Kier alpha value is -3.57. The van der Waals surface area contributed by atoms with E-state index in [0.717, 1.165) is 42.9 Å². The summed E-state index contributed by atoms with van der Waals surface area (Å²) in [5.41, 5.74) is 9.80. The number of benzene rings is 1. The summed E-state index contributed by atoms with van der Waals surface area (Å²) in [6, 6.07) is 5.89. The van der Waals surface area contributed by atoms with Crippen LogP contribution < -0.4 is 11.3 Å². The molecule has 0 saturated heterocycles. The Kier molecular flexibility index (Phi) is 3.95. The molecule has 0 atom stereocenters. The molecule has 1 aromatic carbocycles. The van der Waals surface area contributed by atoms with E-state index in [4.69, 9.17) is 10.7 Å². The molecular formula is C20H16N8OS2. The van der Waals surface area contributed by atoms with Gasteiger partial charge in [-0.25, -0.2) is 14.6 Å². The second kappa shape index (κ2) is 6.72. The Balaban J connectivity index is 1.43. The van der Waals surface area contributed by atoms with E-state index in [9.17, 15) is 4.79 Å². The molecule has 0 aliphatic heterocycles. The maximum atomic E-state index is 13.3. The van der Waals surface area contributed by atoms with Crippen LogP contribution in [-0.4, -0.2) is 34.5 Å². The highest BCUT2D eigenvalue weighted by Crippen LogP contribution is 2.32. The zero-order chi connectivity index (χ0) is 21.1. The van der Waals surface area contributed by atoms with Gasteiger partial charge in [-0.1, -0.05) is 12.1 Å². The van der Waals surface area contributed by atoms with Crippen LogP contribution in [0.2, 0.25) is 0 Å². The largest absolute Gasteiger partial charge is 0.375 e. The van der Waals surface area contributed by atoms with E-state index >= 15 is 0 Å². The third-order valence-corrected chi connectivity index (χ3v) is 7.17. The molecule has 0 aliphatic carbocycles. The second-order valence-electron chi connectivity index (χ2n) is 7.29. The van der Waals surface area contributed by atoms with Gasteiger partial charge in [0.1, 0.15) is 10.5 Å². The van der Waals surface area contributed by atoms with E-state index in [2.05, 4.69) is 20.3 Å². The highest BCUT2D eigenvalue weighted by atomic mass is 32.1. The third kappa shape index (κ3) is 2.85. The number of H-pyrrole nitrogens is 1. The summed E-state index contributed by atoms with van der Waals surface area (Å²) < 4.78 is 4.32. The van der Waals surface area contributed by atoms with Crippen molar-refractivity contribution in [1.82, 2.24) is 34.5 Å². The molecule has 31 heavy (non-hydrogen) atoms. The zero-order valence-electron chi connectivity index (χ0n) is 16.4. The highest BCUT2D eigenvalue weighted by molar-refractivity contribution is 7.19. The lowest BCUT2D eigenvalue weighted by Crippen LogP contribution is -2.24. The average molecular weight is 449 g/mol. The quantitative estimate of drug-likeness (QED) is 0.428. The Bertz CT molecular complexity index is 1650. The highest BCUT2D eigenvalue weighted by Gasteiger charge is 2.19. The van der Waals surface area contributed by atoms with Crippen molar-refractivity contribution in [3.05, 3.63) is 62.6 Å². The van der Waals surface area contributed by atoms with E-state index in [1.54, 1.807) is 23.7 Å². The molecule has 0 aliphatic rings. The molecule has 5 heterocycles. The number of hydrogen-bond acceptors (Lipinski definition) is 8. The first kappa shape index (κ1) is 18.2. The predicted octanol–water partition coefficient (Wildman–Crippen LogP) is 2.90. The minimum absolute atomic E-state index is 0.139. The summed E-state index contributed by atoms with van der Waals surface area (Å²) in [7, 11) is 1.87. The molecule has 0 saturated carbocycles. The number of thiazole rings is 2. The first-order valence-corrected chi connectivity index (χ1v) is 11.2. The number of nitrogens with one attached hydrogen (secondary N) is 1.